The second-order valence-electron chi connectivity index (χ2n) is 22.4. The monoisotopic (exact) mass is 1110 g/mol. The number of rotatable bonds is 56. The molecule has 12 heteroatoms. The Morgan fingerprint density at radius 2 is 0.797 bits per heavy atom. The Labute approximate surface area is 482 Å². The first-order chi connectivity index (χ1) is 38.6. The minimum atomic E-state index is -1.91. The number of aliphatic hydroxyl groups excluding tert-OH is 2. The Hall–Kier alpha value is -3.32. The van der Waals surface area contributed by atoms with Crippen molar-refractivity contribution in [1.82, 2.24) is 0 Å². The lowest BCUT2D eigenvalue weighted by Crippen LogP contribution is -2.61. The van der Waals surface area contributed by atoms with Gasteiger partial charge in [-0.15, -0.1) is 0 Å². The number of carbonyl (C=O) groups is 4. The van der Waals surface area contributed by atoms with E-state index in [2.05, 4.69) is 69.4 Å². The van der Waals surface area contributed by atoms with Gasteiger partial charge >= 0.3 is 23.9 Å². The van der Waals surface area contributed by atoms with Crippen LogP contribution in [0, 0.1) is 0 Å². The van der Waals surface area contributed by atoms with Crippen LogP contribution in [0.5, 0.6) is 0 Å². The van der Waals surface area contributed by atoms with Crippen LogP contribution in [0.15, 0.2) is 48.6 Å². The molecule has 6 unspecified atom stereocenters. The molecule has 0 spiro atoms. The maximum atomic E-state index is 13.2. The van der Waals surface area contributed by atoms with Gasteiger partial charge in [0.25, 0.3) is 0 Å². The van der Waals surface area contributed by atoms with Gasteiger partial charge in [-0.1, -0.05) is 256 Å². The number of esters is 3. The third-order valence-corrected chi connectivity index (χ3v) is 14.9. The second-order valence-corrected chi connectivity index (χ2v) is 22.4. The smallest absolute Gasteiger partial charge is 0.335 e. The third-order valence-electron chi connectivity index (χ3n) is 14.9. The Morgan fingerprint density at radius 3 is 1.23 bits per heavy atom. The molecule has 1 heterocycles. The third kappa shape index (κ3) is 45.0. The first-order valence-corrected chi connectivity index (χ1v) is 32.6. The van der Waals surface area contributed by atoms with E-state index in [1.165, 1.54) is 154 Å². The molecular formula is C67H118O12. The van der Waals surface area contributed by atoms with Gasteiger partial charge in [0.05, 0.1) is 6.61 Å². The summed E-state index contributed by atoms with van der Waals surface area (Å²) in [6.45, 7) is 5.91. The number of carboxylic acids is 1. The van der Waals surface area contributed by atoms with Crippen molar-refractivity contribution in [3.63, 3.8) is 0 Å². The molecule has 1 saturated heterocycles. The van der Waals surface area contributed by atoms with Gasteiger partial charge in [-0.05, 0) is 77.0 Å². The molecule has 0 saturated carbocycles. The van der Waals surface area contributed by atoms with E-state index in [-0.39, 0.29) is 25.9 Å². The number of aliphatic hydroxyl groups is 2. The zero-order chi connectivity index (χ0) is 57.5. The predicted molar refractivity (Wildman–Crippen MR) is 322 cm³/mol. The molecule has 1 aliphatic rings. The van der Waals surface area contributed by atoms with Crippen LogP contribution in [0.4, 0.5) is 0 Å². The number of hydrogen-bond donors (Lipinski definition) is 3. The maximum Gasteiger partial charge on any atom is 0.335 e. The zero-order valence-electron chi connectivity index (χ0n) is 50.6. The van der Waals surface area contributed by atoms with Crippen molar-refractivity contribution < 1.29 is 58.2 Å². The molecule has 0 aromatic heterocycles. The van der Waals surface area contributed by atoms with Crippen molar-refractivity contribution in [2.45, 2.75) is 340 Å². The van der Waals surface area contributed by atoms with Crippen molar-refractivity contribution in [1.29, 1.82) is 0 Å². The maximum absolute atomic E-state index is 13.2. The Morgan fingerprint density at radius 1 is 0.430 bits per heavy atom. The molecule has 0 aromatic carbocycles. The molecule has 0 radical (unpaired) electrons. The Bertz CT molecular complexity index is 1560. The van der Waals surface area contributed by atoms with Gasteiger partial charge in [-0.2, -0.15) is 0 Å². The highest BCUT2D eigenvalue weighted by Crippen LogP contribution is 2.27. The fraction of sp³-hybridized carbons (Fsp3) is 0.821. The molecule has 0 amide bonds. The number of allylic oxidation sites excluding steroid dienone is 8. The fourth-order valence-corrected chi connectivity index (χ4v) is 9.91. The number of hydrogen-bond acceptors (Lipinski definition) is 11. The largest absolute Gasteiger partial charge is 0.479 e. The molecule has 0 aliphatic carbocycles. The highest BCUT2D eigenvalue weighted by molar-refractivity contribution is 5.74. The molecule has 1 fully saturated rings. The molecule has 3 N–H and O–H groups in total. The van der Waals surface area contributed by atoms with Crippen LogP contribution in [0.3, 0.4) is 0 Å². The highest BCUT2D eigenvalue weighted by Gasteiger charge is 2.50. The highest BCUT2D eigenvalue weighted by atomic mass is 16.7. The lowest BCUT2D eigenvalue weighted by Gasteiger charge is -2.40. The van der Waals surface area contributed by atoms with Gasteiger partial charge in [0.15, 0.2) is 24.6 Å². The molecule has 12 nitrogen and oxygen atoms in total. The number of unbranched alkanes of at least 4 members (excludes halogenated alkanes) is 34. The zero-order valence-corrected chi connectivity index (χ0v) is 50.6. The summed E-state index contributed by atoms with van der Waals surface area (Å²) >= 11 is 0. The van der Waals surface area contributed by atoms with Crippen molar-refractivity contribution >= 4 is 23.9 Å². The molecule has 1 rings (SSSR count). The summed E-state index contributed by atoms with van der Waals surface area (Å²) in [5, 5.41) is 31.6. The van der Waals surface area contributed by atoms with Crippen LogP contribution in [-0.2, 0) is 42.9 Å². The van der Waals surface area contributed by atoms with Crippen LogP contribution in [-0.4, -0.2) is 89.2 Å². The van der Waals surface area contributed by atoms with Crippen LogP contribution in [0.1, 0.15) is 303 Å². The SMILES string of the molecule is CC/C=C\C/C=C\C/C=C\CCCCCCCC(=O)OC1C(OCC(COC(=O)CCCCCCCCCCC/C=C\CCCCCCCC)OC(=O)CCCCCCCCCCCCCCCCC)OC(C(=O)O)C(O)C1O. The van der Waals surface area contributed by atoms with E-state index in [0.29, 0.717) is 19.3 Å². The first kappa shape index (κ1) is 73.7. The van der Waals surface area contributed by atoms with Crippen molar-refractivity contribution in [3.05, 3.63) is 48.6 Å². The van der Waals surface area contributed by atoms with Gasteiger partial charge in [-0.25, -0.2) is 4.79 Å². The van der Waals surface area contributed by atoms with Gasteiger partial charge in [0.2, 0.25) is 0 Å². The summed E-state index contributed by atoms with van der Waals surface area (Å²) < 4.78 is 28.5. The lowest BCUT2D eigenvalue weighted by atomic mass is 9.98. The Kier molecular flexibility index (Phi) is 51.5. The van der Waals surface area contributed by atoms with Crippen molar-refractivity contribution in [2.75, 3.05) is 13.2 Å². The van der Waals surface area contributed by atoms with Crippen molar-refractivity contribution in [2.24, 2.45) is 0 Å². The molecule has 0 bridgehead atoms. The average molecular weight is 1120 g/mol. The van der Waals surface area contributed by atoms with Crippen LogP contribution in [0.2, 0.25) is 0 Å². The summed E-state index contributed by atoms with van der Waals surface area (Å²) in [5.41, 5.74) is 0. The minimum Gasteiger partial charge on any atom is -0.479 e. The standard InChI is InChI=1S/C67H118O12/c1-4-7-10-13-16-19-22-25-28-29-30-31-34-35-38-41-44-47-50-53-59(68)75-56-58(77-60(69)54-51-48-45-42-39-36-32-26-23-20-17-14-11-8-5-2)57-76-67-65(63(72)62(71)64(79-67)66(73)74)78-61(70)55-52-49-46-43-40-37-33-27-24-21-18-15-12-9-6-3/h9,12,18,21,25,27-28,33,58,62-65,67,71-72H,4-8,10-11,13-17,19-20,22-24,26,29-32,34-57H2,1-3H3,(H,73,74)/b12-9-,21-18-,28-25-,33-27-. The molecule has 1 aliphatic heterocycles. The summed E-state index contributed by atoms with van der Waals surface area (Å²) in [6.07, 6.45) is 55.0. The molecule has 79 heavy (non-hydrogen) atoms. The van der Waals surface area contributed by atoms with Crippen LogP contribution >= 0.6 is 0 Å². The number of carboxylic acid groups (broad SMARTS) is 1. The van der Waals surface area contributed by atoms with E-state index in [0.717, 1.165) is 89.9 Å². The van der Waals surface area contributed by atoms with Gasteiger partial charge in [0, 0.05) is 19.3 Å². The van der Waals surface area contributed by atoms with E-state index in [4.69, 9.17) is 23.7 Å². The van der Waals surface area contributed by atoms with E-state index >= 15 is 0 Å². The number of aliphatic carboxylic acids is 1. The summed E-state index contributed by atoms with van der Waals surface area (Å²) in [4.78, 5) is 51.3. The first-order valence-electron chi connectivity index (χ1n) is 32.6. The predicted octanol–water partition coefficient (Wildman–Crippen LogP) is 17.3. The van der Waals surface area contributed by atoms with Crippen LogP contribution in [0.25, 0.3) is 0 Å². The fourth-order valence-electron chi connectivity index (χ4n) is 9.91. The normalized spacial score (nSPS) is 18.1. The number of carbonyl (C=O) groups excluding carboxylic acids is 3. The van der Waals surface area contributed by atoms with Crippen molar-refractivity contribution in [3.8, 4) is 0 Å². The second kappa shape index (κ2) is 55.2. The molecule has 0 aromatic rings. The van der Waals surface area contributed by atoms with E-state index in [1.54, 1.807) is 0 Å². The minimum absolute atomic E-state index is 0.0429. The van der Waals surface area contributed by atoms with Gasteiger partial charge < -0.3 is 39.0 Å². The quantitative estimate of drug-likeness (QED) is 0.0228. The van der Waals surface area contributed by atoms with E-state index < -0.39 is 67.3 Å². The average Bonchev–Trinajstić information content (AvgIpc) is 3.44. The summed E-state index contributed by atoms with van der Waals surface area (Å²) in [5.74, 6) is -3.12. The lowest BCUT2D eigenvalue weighted by molar-refractivity contribution is -0.301. The summed E-state index contributed by atoms with van der Waals surface area (Å²) in [7, 11) is 0. The topological polar surface area (TPSA) is 175 Å². The van der Waals surface area contributed by atoms with Gasteiger partial charge in [0.1, 0.15) is 18.8 Å². The van der Waals surface area contributed by atoms with Crippen LogP contribution < -0.4 is 0 Å². The molecule has 6 atom stereocenters. The van der Waals surface area contributed by atoms with Gasteiger partial charge in [-0.3, -0.25) is 14.4 Å². The Balaban J connectivity index is 2.65. The summed E-state index contributed by atoms with van der Waals surface area (Å²) in [6, 6.07) is 0. The molecular weight excluding hydrogens is 997 g/mol. The van der Waals surface area contributed by atoms with E-state index in [1.807, 2.05) is 0 Å². The van der Waals surface area contributed by atoms with E-state index in [9.17, 15) is 34.5 Å². The number of ether oxygens (including phenoxy) is 5. The molecule has 458 valence electrons.